The number of hydrogen-bond acceptors (Lipinski definition) is 4. The second-order valence-electron chi connectivity index (χ2n) is 6.15. The van der Waals surface area contributed by atoms with Crippen molar-refractivity contribution in [2.45, 2.75) is 39.7 Å². The van der Waals surface area contributed by atoms with Gasteiger partial charge in [-0.15, -0.1) is 0 Å². The molecule has 1 unspecified atom stereocenters. The third-order valence-electron chi connectivity index (χ3n) is 4.54. The van der Waals surface area contributed by atoms with Gasteiger partial charge in [-0.25, -0.2) is 4.68 Å². The fourth-order valence-corrected chi connectivity index (χ4v) is 3.06. The predicted molar refractivity (Wildman–Crippen MR) is 84.9 cm³/mol. The molecule has 2 aromatic heterocycles. The van der Waals surface area contributed by atoms with E-state index in [2.05, 4.69) is 20.6 Å². The van der Waals surface area contributed by atoms with Gasteiger partial charge in [0.15, 0.2) is 0 Å². The van der Waals surface area contributed by atoms with Gasteiger partial charge in [-0.3, -0.25) is 14.7 Å². The van der Waals surface area contributed by atoms with E-state index in [9.17, 15) is 9.59 Å². The van der Waals surface area contributed by atoms with Crippen molar-refractivity contribution in [2.75, 3.05) is 0 Å². The highest BCUT2D eigenvalue weighted by atomic mass is 16.2. The number of fused-ring (bicyclic) bond motifs is 1. The van der Waals surface area contributed by atoms with Crippen LogP contribution in [0.5, 0.6) is 0 Å². The van der Waals surface area contributed by atoms with Gasteiger partial charge in [-0.2, -0.15) is 10.2 Å². The molecule has 122 valence electrons. The van der Waals surface area contributed by atoms with Crippen LogP contribution in [0.3, 0.4) is 0 Å². The molecule has 7 nitrogen and oxygen atoms in total. The van der Waals surface area contributed by atoms with Gasteiger partial charge in [0.25, 0.3) is 5.56 Å². The Morgan fingerprint density at radius 1 is 1.48 bits per heavy atom. The molecular weight excluding hydrogens is 294 g/mol. The van der Waals surface area contributed by atoms with Crippen molar-refractivity contribution in [1.29, 1.82) is 0 Å². The Labute approximate surface area is 134 Å². The molecule has 1 aliphatic rings. The van der Waals surface area contributed by atoms with E-state index >= 15 is 0 Å². The van der Waals surface area contributed by atoms with Crippen LogP contribution in [0.2, 0.25) is 0 Å². The standard InChI is InChI=1S/C16H21N5O2/c1-9-13(10(2)19-18-9)8-17-16(23)11-4-5-14-12(6-11)7-15(22)21(3)20-14/h7,11H,4-6,8H2,1-3H3,(H,17,23)(H,18,19). The van der Waals surface area contributed by atoms with Crippen LogP contribution in [-0.4, -0.2) is 25.9 Å². The van der Waals surface area contributed by atoms with E-state index in [1.165, 1.54) is 4.68 Å². The Morgan fingerprint density at radius 3 is 2.96 bits per heavy atom. The zero-order chi connectivity index (χ0) is 16.6. The quantitative estimate of drug-likeness (QED) is 0.864. The van der Waals surface area contributed by atoms with Crippen molar-refractivity contribution in [2.24, 2.45) is 13.0 Å². The SMILES string of the molecule is Cc1n[nH]c(C)c1CNC(=O)C1CCc2nn(C)c(=O)cc2C1. The minimum atomic E-state index is -0.130. The van der Waals surface area contributed by atoms with Gasteiger partial charge >= 0.3 is 0 Å². The summed E-state index contributed by atoms with van der Waals surface area (Å²) in [5.41, 5.74) is 4.61. The highest BCUT2D eigenvalue weighted by molar-refractivity contribution is 5.79. The fourth-order valence-electron chi connectivity index (χ4n) is 3.06. The van der Waals surface area contributed by atoms with Crippen LogP contribution in [0.4, 0.5) is 0 Å². The molecule has 2 aromatic rings. The first-order valence-corrected chi connectivity index (χ1v) is 7.80. The zero-order valence-corrected chi connectivity index (χ0v) is 13.6. The molecule has 0 bridgehead atoms. The first kappa shape index (κ1) is 15.5. The van der Waals surface area contributed by atoms with Crippen molar-refractivity contribution < 1.29 is 4.79 Å². The van der Waals surface area contributed by atoms with Gasteiger partial charge < -0.3 is 5.32 Å². The van der Waals surface area contributed by atoms with E-state index < -0.39 is 0 Å². The number of rotatable bonds is 3. The van der Waals surface area contributed by atoms with Crippen LogP contribution >= 0.6 is 0 Å². The number of aromatic amines is 1. The lowest BCUT2D eigenvalue weighted by Gasteiger charge is -2.23. The Morgan fingerprint density at radius 2 is 2.26 bits per heavy atom. The smallest absolute Gasteiger partial charge is 0.266 e. The summed E-state index contributed by atoms with van der Waals surface area (Å²) in [6.07, 6.45) is 2.06. The van der Waals surface area contributed by atoms with Gasteiger partial charge in [-0.05, 0) is 38.7 Å². The molecule has 0 aliphatic heterocycles. The number of hydrogen-bond donors (Lipinski definition) is 2. The number of aromatic nitrogens is 4. The molecule has 3 rings (SSSR count). The molecule has 1 aliphatic carbocycles. The third-order valence-corrected chi connectivity index (χ3v) is 4.54. The maximum Gasteiger partial charge on any atom is 0.266 e. The molecule has 0 aromatic carbocycles. The Kier molecular flexibility index (Phi) is 4.02. The lowest BCUT2D eigenvalue weighted by molar-refractivity contribution is -0.125. The number of carbonyl (C=O) groups excluding carboxylic acids is 1. The summed E-state index contributed by atoms with van der Waals surface area (Å²) >= 11 is 0. The number of amides is 1. The van der Waals surface area contributed by atoms with Crippen molar-refractivity contribution >= 4 is 5.91 Å². The molecule has 1 atom stereocenters. The maximum atomic E-state index is 12.4. The summed E-state index contributed by atoms with van der Waals surface area (Å²) < 4.78 is 1.35. The molecule has 2 N–H and O–H groups in total. The Hall–Kier alpha value is -2.44. The van der Waals surface area contributed by atoms with Crippen LogP contribution in [-0.2, 0) is 31.2 Å². The summed E-state index contributed by atoms with van der Waals surface area (Å²) in [5.74, 6) is -0.0831. The molecule has 2 heterocycles. The second-order valence-corrected chi connectivity index (χ2v) is 6.15. The van der Waals surface area contributed by atoms with Crippen LogP contribution < -0.4 is 10.9 Å². The van der Waals surface area contributed by atoms with Crippen molar-refractivity contribution in [3.8, 4) is 0 Å². The van der Waals surface area contributed by atoms with Gasteiger partial charge in [0.2, 0.25) is 5.91 Å². The number of nitrogens with zero attached hydrogens (tertiary/aromatic N) is 3. The summed E-state index contributed by atoms with van der Waals surface area (Å²) in [4.78, 5) is 24.1. The fraction of sp³-hybridized carbons (Fsp3) is 0.500. The minimum absolute atomic E-state index is 0.0244. The molecule has 0 fully saturated rings. The molecule has 0 radical (unpaired) electrons. The summed E-state index contributed by atoms with van der Waals surface area (Å²) in [7, 11) is 1.65. The van der Waals surface area contributed by atoms with Crippen LogP contribution in [0.25, 0.3) is 0 Å². The molecule has 23 heavy (non-hydrogen) atoms. The van der Waals surface area contributed by atoms with Crippen LogP contribution in [0.15, 0.2) is 10.9 Å². The second kappa shape index (κ2) is 5.98. The van der Waals surface area contributed by atoms with Crippen molar-refractivity contribution in [3.63, 3.8) is 0 Å². The van der Waals surface area contributed by atoms with E-state index in [0.29, 0.717) is 13.0 Å². The predicted octanol–water partition coefficient (Wildman–Crippen LogP) is 0.542. The maximum absolute atomic E-state index is 12.4. The number of nitrogens with one attached hydrogen (secondary N) is 2. The van der Waals surface area contributed by atoms with Gasteiger partial charge in [0, 0.05) is 36.8 Å². The van der Waals surface area contributed by atoms with Crippen molar-refractivity contribution in [1.82, 2.24) is 25.3 Å². The van der Waals surface area contributed by atoms with Crippen LogP contribution in [0, 0.1) is 19.8 Å². The van der Waals surface area contributed by atoms with E-state index in [1.807, 2.05) is 13.8 Å². The molecule has 1 amide bonds. The van der Waals surface area contributed by atoms with E-state index in [4.69, 9.17) is 0 Å². The monoisotopic (exact) mass is 315 g/mol. The summed E-state index contributed by atoms with van der Waals surface area (Å²) in [6, 6.07) is 1.60. The first-order chi connectivity index (χ1) is 11.0. The average molecular weight is 315 g/mol. The highest BCUT2D eigenvalue weighted by Gasteiger charge is 2.26. The molecular formula is C16H21N5O2. The third kappa shape index (κ3) is 3.04. The molecule has 0 saturated carbocycles. The minimum Gasteiger partial charge on any atom is -0.352 e. The first-order valence-electron chi connectivity index (χ1n) is 7.80. The normalized spacial score (nSPS) is 16.9. The Balaban J connectivity index is 1.67. The lowest BCUT2D eigenvalue weighted by Crippen LogP contribution is -2.35. The zero-order valence-electron chi connectivity index (χ0n) is 13.6. The summed E-state index contributed by atoms with van der Waals surface area (Å²) in [5, 5.41) is 14.3. The van der Waals surface area contributed by atoms with E-state index in [-0.39, 0.29) is 17.4 Å². The van der Waals surface area contributed by atoms with Gasteiger partial charge in [0.05, 0.1) is 11.4 Å². The number of H-pyrrole nitrogens is 1. The molecule has 0 saturated heterocycles. The number of aryl methyl sites for hydroxylation is 4. The molecule has 7 heteroatoms. The molecule has 0 spiro atoms. The van der Waals surface area contributed by atoms with Crippen molar-refractivity contribution in [3.05, 3.63) is 44.6 Å². The highest BCUT2D eigenvalue weighted by Crippen LogP contribution is 2.23. The van der Waals surface area contributed by atoms with E-state index in [1.54, 1.807) is 13.1 Å². The van der Waals surface area contributed by atoms with Crippen LogP contribution in [0.1, 0.15) is 34.6 Å². The topological polar surface area (TPSA) is 92.7 Å². The van der Waals surface area contributed by atoms with E-state index in [0.717, 1.165) is 41.1 Å². The van der Waals surface area contributed by atoms with Gasteiger partial charge in [0.1, 0.15) is 0 Å². The Bertz CT molecular complexity index is 786. The largest absolute Gasteiger partial charge is 0.352 e. The average Bonchev–Trinajstić information content (AvgIpc) is 2.84. The number of carbonyl (C=O) groups is 1. The van der Waals surface area contributed by atoms with Gasteiger partial charge in [-0.1, -0.05) is 0 Å². The lowest BCUT2D eigenvalue weighted by atomic mass is 9.86. The summed E-state index contributed by atoms with van der Waals surface area (Å²) in [6.45, 7) is 4.34.